The van der Waals surface area contributed by atoms with Crippen LogP contribution >= 0.6 is 35.2 Å². The number of fused-ring (bicyclic) bond motifs is 1. The van der Waals surface area contributed by atoms with E-state index in [0.29, 0.717) is 21.8 Å². The quantitative estimate of drug-likeness (QED) is 0.148. The molecule has 0 atom stereocenters. The van der Waals surface area contributed by atoms with Crippen molar-refractivity contribution >= 4 is 75.4 Å². The molecule has 212 valence electrons. The number of halogens is 1. The molecule has 1 aliphatic heterocycles. The minimum absolute atomic E-state index is 0.00758. The number of carbonyl (C=O) groups is 3. The van der Waals surface area contributed by atoms with Crippen LogP contribution in [0.3, 0.4) is 0 Å². The van der Waals surface area contributed by atoms with Gasteiger partial charge >= 0.3 is 0 Å². The summed E-state index contributed by atoms with van der Waals surface area (Å²) in [5.41, 5.74) is 5.41. The van der Waals surface area contributed by atoms with Gasteiger partial charge < -0.3 is 9.88 Å². The summed E-state index contributed by atoms with van der Waals surface area (Å²) in [4.78, 5) is 42.8. The van der Waals surface area contributed by atoms with Crippen molar-refractivity contribution in [2.24, 2.45) is 0 Å². The van der Waals surface area contributed by atoms with E-state index in [1.54, 1.807) is 41.7 Å². The normalized spacial score (nSPS) is 16.0. The molecule has 3 amide bonds. The molecule has 3 heterocycles. The molecule has 4 aromatic rings. The van der Waals surface area contributed by atoms with E-state index in [-0.39, 0.29) is 16.6 Å². The second kappa shape index (κ2) is 11.3. The summed E-state index contributed by atoms with van der Waals surface area (Å²) in [7, 11) is 0. The number of nitrogens with one attached hydrogen (secondary N) is 2. The van der Waals surface area contributed by atoms with E-state index in [2.05, 4.69) is 15.2 Å². The number of para-hydroxylation sites is 1. The first kappa shape index (κ1) is 28.1. The maximum Gasteiger partial charge on any atom is 0.270 e. The lowest BCUT2D eigenvalue weighted by Crippen LogP contribution is -2.54. The molecule has 0 saturated carbocycles. The van der Waals surface area contributed by atoms with Crippen molar-refractivity contribution in [1.82, 2.24) is 9.88 Å². The highest BCUT2D eigenvalue weighted by Gasteiger charge is 2.35. The van der Waals surface area contributed by atoms with E-state index in [1.165, 1.54) is 9.78 Å². The topological polar surface area (TPSA) is 83.4 Å². The van der Waals surface area contributed by atoms with Crippen molar-refractivity contribution in [3.05, 3.63) is 104 Å². The molecule has 0 bridgehead atoms. The van der Waals surface area contributed by atoms with Crippen molar-refractivity contribution in [2.45, 2.75) is 39.5 Å². The van der Waals surface area contributed by atoms with Gasteiger partial charge in [0.05, 0.1) is 11.3 Å². The first-order valence-corrected chi connectivity index (χ1v) is 15.2. The molecule has 2 aromatic heterocycles. The molecule has 42 heavy (non-hydrogen) atoms. The predicted octanol–water partition coefficient (Wildman–Crippen LogP) is 6.77. The van der Waals surface area contributed by atoms with E-state index in [9.17, 15) is 14.4 Å². The second-order valence-electron chi connectivity index (χ2n) is 10.3. The standard InChI is InChI=1S/C32H27ClN4O3S2/c1-18-16-20(17-25-28(38)35-32(41)37(30(25)40)23-14-12-21(33)13-15-23)19(2)36(18)31-27(24-10-6-7-11-26(24)42-31)29(39)34-22-8-4-3-5-9-22/h3-5,8-9,12-17H,6-7,10-11H2,1-2H3,(H,34,39)(H,35,38,41). The highest BCUT2D eigenvalue weighted by atomic mass is 35.5. The van der Waals surface area contributed by atoms with E-state index in [4.69, 9.17) is 23.8 Å². The van der Waals surface area contributed by atoms with Crippen molar-refractivity contribution in [3.63, 3.8) is 0 Å². The Balaban J connectivity index is 1.41. The van der Waals surface area contributed by atoms with Crippen LogP contribution in [0.5, 0.6) is 0 Å². The fourth-order valence-electron chi connectivity index (χ4n) is 5.54. The summed E-state index contributed by atoms with van der Waals surface area (Å²) < 4.78 is 2.06. The molecular formula is C32H27ClN4O3S2. The van der Waals surface area contributed by atoms with Crippen LogP contribution in [-0.4, -0.2) is 27.4 Å². The number of aryl methyl sites for hydroxylation is 2. The molecule has 2 aromatic carbocycles. The number of nitrogens with zero attached hydrogens (tertiary/aromatic N) is 2. The molecule has 7 nitrogen and oxygen atoms in total. The summed E-state index contributed by atoms with van der Waals surface area (Å²) in [5.74, 6) is -1.23. The maximum atomic E-state index is 13.7. The van der Waals surface area contributed by atoms with Gasteiger partial charge in [-0.25, -0.2) is 0 Å². The number of aromatic nitrogens is 1. The Morgan fingerprint density at radius 1 is 1.05 bits per heavy atom. The van der Waals surface area contributed by atoms with Crippen LogP contribution < -0.4 is 15.5 Å². The summed E-state index contributed by atoms with van der Waals surface area (Å²) in [6.45, 7) is 3.90. The molecule has 0 spiro atoms. The van der Waals surface area contributed by atoms with Crippen LogP contribution in [0.4, 0.5) is 11.4 Å². The number of benzene rings is 2. The lowest BCUT2D eigenvalue weighted by Gasteiger charge is -2.28. The Labute approximate surface area is 257 Å². The molecule has 1 saturated heterocycles. The van der Waals surface area contributed by atoms with Gasteiger partial charge in [0.25, 0.3) is 17.7 Å². The fraction of sp³-hybridized carbons (Fsp3) is 0.188. The fourth-order valence-corrected chi connectivity index (χ4v) is 7.45. The molecule has 10 heteroatoms. The van der Waals surface area contributed by atoms with Gasteiger partial charge in [0.1, 0.15) is 10.6 Å². The number of rotatable bonds is 5. The zero-order valence-electron chi connectivity index (χ0n) is 23.0. The van der Waals surface area contributed by atoms with Crippen molar-refractivity contribution < 1.29 is 14.4 Å². The molecular weight excluding hydrogens is 588 g/mol. The van der Waals surface area contributed by atoms with Crippen molar-refractivity contribution in [3.8, 4) is 5.00 Å². The Morgan fingerprint density at radius 3 is 2.50 bits per heavy atom. The van der Waals surface area contributed by atoms with Gasteiger partial charge in [0.2, 0.25) is 0 Å². The van der Waals surface area contributed by atoms with Gasteiger partial charge in [-0.1, -0.05) is 29.8 Å². The van der Waals surface area contributed by atoms with Gasteiger partial charge in [-0.05, 0) is 111 Å². The first-order valence-electron chi connectivity index (χ1n) is 13.6. The van der Waals surface area contributed by atoms with E-state index in [0.717, 1.165) is 53.3 Å². The van der Waals surface area contributed by atoms with E-state index < -0.39 is 11.8 Å². The molecule has 6 rings (SSSR count). The minimum atomic E-state index is -0.561. The average molecular weight is 615 g/mol. The summed E-state index contributed by atoms with van der Waals surface area (Å²) in [5, 5.41) is 7.08. The lowest BCUT2D eigenvalue weighted by molar-refractivity contribution is -0.122. The zero-order chi connectivity index (χ0) is 29.5. The third-order valence-electron chi connectivity index (χ3n) is 7.57. The minimum Gasteiger partial charge on any atom is -0.322 e. The largest absolute Gasteiger partial charge is 0.322 e. The third-order valence-corrected chi connectivity index (χ3v) is 9.38. The van der Waals surface area contributed by atoms with Crippen LogP contribution in [0.2, 0.25) is 5.02 Å². The number of thiophene rings is 1. The average Bonchev–Trinajstić information content (AvgIpc) is 3.48. The number of anilines is 2. The molecule has 1 fully saturated rings. The van der Waals surface area contributed by atoms with Gasteiger partial charge in [-0.15, -0.1) is 11.3 Å². The molecule has 0 radical (unpaired) electrons. The Bertz CT molecular complexity index is 1790. The van der Waals surface area contributed by atoms with Crippen molar-refractivity contribution in [1.29, 1.82) is 0 Å². The molecule has 2 aliphatic rings. The Morgan fingerprint density at radius 2 is 1.76 bits per heavy atom. The number of thiocarbonyl (C=S) groups is 1. The number of hydrogen-bond acceptors (Lipinski definition) is 5. The van der Waals surface area contributed by atoms with Crippen LogP contribution in [0.15, 0.2) is 66.2 Å². The first-order chi connectivity index (χ1) is 20.2. The third kappa shape index (κ3) is 5.08. The van der Waals surface area contributed by atoms with Crippen LogP contribution in [0.1, 0.15) is 50.6 Å². The monoisotopic (exact) mass is 614 g/mol. The van der Waals surface area contributed by atoms with E-state index >= 15 is 0 Å². The summed E-state index contributed by atoms with van der Waals surface area (Å²) in [6, 6.07) is 18.0. The molecule has 0 unspecified atom stereocenters. The van der Waals surface area contributed by atoms with Gasteiger partial charge in [-0.3, -0.25) is 24.6 Å². The Kier molecular flexibility index (Phi) is 7.57. The highest BCUT2D eigenvalue weighted by molar-refractivity contribution is 7.80. The second-order valence-corrected chi connectivity index (χ2v) is 12.2. The SMILES string of the molecule is Cc1cc(C=C2C(=O)NC(=S)N(c3ccc(Cl)cc3)C2=O)c(C)n1-c1sc2c(c1C(=O)Nc1ccccc1)CCCC2. The van der Waals surface area contributed by atoms with E-state index in [1.807, 2.05) is 50.2 Å². The van der Waals surface area contributed by atoms with Crippen LogP contribution in [-0.2, 0) is 22.4 Å². The van der Waals surface area contributed by atoms with Crippen LogP contribution in [0.25, 0.3) is 11.1 Å². The lowest BCUT2D eigenvalue weighted by atomic mass is 9.95. The number of amides is 3. The zero-order valence-corrected chi connectivity index (χ0v) is 25.4. The van der Waals surface area contributed by atoms with Gasteiger partial charge in [0.15, 0.2) is 5.11 Å². The number of carbonyl (C=O) groups excluding carboxylic acids is 3. The Hall–Kier alpha value is -4.05. The summed E-state index contributed by atoms with van der Waals surface area (Å²) >= 11 is 13.0. The molecule has 2 N–H and O–H groups in total. The predicted molar refractivity (Wildman–Crippen MR) is 172 cm³/mol. The molecule has 1 aliphatic carbocycles. The van der Waals surface area contributed by atoms with Crippen molar-refractivity contribution in [2.75, 3.05) is 10.2 Å². The van der Waals surface area contributed by atoms with Gasteiger partial charge in [-0.2, -0.15) is 0 Å². The number of hydrogen-bond donors (Lipinski definition) is 2. The van der Waals surface area contributed by atoms with Crippen LogP contribution in [0, 0.1) is 13.8 Å². The van der Waals surface area contributed by atoms with Gasteiger partial charge in [0, 0.05) is 27.0 Å². The smallest absolute Gasteiger partial charge is 0.270 e. The maximum absolute atomic E-state index is 13.7. The highest BCUT2D eigenvalue weighted by Crippen LogP contribution is 2.39. The summed E-state index contributed by atoms with van der Waals surface area (Å²) in [6.07, 6.45) is 5.53.